The Labute approximate surface area is 179 Å². The minimum absolute atomic E-state index is 0. The SMILES string of the molecule is CCNC(=NCC1(CCOCC)CCCC1)NCCc1csc(C)n1.I. The van der Waals surface area contributed by atoms with Gasteiger partial charge in [0.15, 0.2) is 5.96 Å². The summed E-state index contributed by atoms with van der Waals surface area (Å²) in [6, 6.07) is 0. The molecule has 0 atom stereocenters. The molecule has 1 heterocycles. The number of aromatic nitrogens is 1. The molecule has 0 spiro atoms. The fraction of sp³-hybridized carbons (Fsp3) is 0.789. The van der Waals surface area contributed by atoms with Gasteiger partial charge in [0, 0.05) is 44.6 Å². The first kappa shape index (κ1) is 23.6. The van der Waals surface area contributed by atoms with Gasteiger partial charge >= 0.3 is 0 Å². The number of aliphatic imine (C=N–C) groups is 1. The lowest BCUT2D eigenvalue weighted by molar-refractivity contribution is 0.107. The van der Waals surface area contributed by atoms with Gasteiger partial charge in [-0.3, -0.25) is 4.99 Å². The molecule has 0 unspecified atom stereocenters. The normalized spacial score (nSPS) is 16.3. The van der Waals surface area contributed by atoms with E-state index in [4.69, 9.17) is 9.73 Å². The molecule has 0 amide bonds. The summed E-state index contributed by atoms with van der Waals surface area (Å²) in [4.78, 5) is 9.42. The summed E-state index contributed by atoms with van der Waals surface area (Å²) in [5, 5.41) is 10.1. The number of hydrogen-bond acceptors (Lipinski definition) is 4. The van der Waals surface area contributed by atoms with Crippen LogP contribution in [-0.2, 0) is 11.2 Å². The molecule has 0 aliphatic heterocycles. The van der Waals surface area contributed by atoms with Crippen molar-refractivity contribution < 1.29 is 4.74 Å². The number of nitrogens with one attached hydrogen (secondary N) is 2. The monoisotopic (exact) mass is 494 g/mol. The molecule has 0 bridgehead atoms. The second-order valence-corrected chi connectivity index (χ2v) is 7.95. The molecule has 1 fully saturated rings. The lowest BCUT2D eigenvalue weighted by Crippen LogP contribution is -2.39. The van der Waals surface area contributed by atoms with Crippen molar-refractivity contribution in [2.75, 3.05) is 32.8 Å². The van der Waals surface area contributed by atoms with Gasteiger partial charge in [-0.05, 0) is 45.4 Å². The first-order chi connectivity index (χ1) is 12.2. The van der Waals surface area contributed by atoms with Gasteiger partial charge in [0.05, 0.1) is 10.7 Å². The summed E-state index contributed by atoms with van der Waals surface area (Å²) < 4.78 is 5.60. The Kier molecular flexibility index (Phi) is 11.7. The smallest absolute Gasteiger partial charge is 0.191 e. The van der Waals surface area contributed by atoms with E-state index in [1.54, 1.807) is 11.3 Å². The minimum atomic E-state index is 0. The fourth-order valence-electron chi connectivity index (χ4n) is 3.47. The Hall–Kier alpha value is -0.410. The van der Waals surface area contributed by atoms with Crippen LogP contribution in [0.15, 0.2) is 10.4 Å². The summed E-state index contributed by atoms with van der Waals surface area (Å²) in [5.74, 6) is 0.928. The van der Waals surface area contributed by atoms with Crippen molar-refractivity contribution in [1.29, 1.82) is 0 Å². The van der Waals surface area contributed by atoms with Crippen LogP contribution in [0.2, 0.25) is 0 Å². The second kappa shape index (κ2) is 12.9. The molecular weight excluding hydrogens is 459 g/mol. The number of halogens is 1. The largest absolute Gasteiger partial charge is 0.382 e. The van der Waals surface area contributed by atoms with Crippen molar-refractivity contribution in [2.24, 2.45) is 10.4 Å². The van der Waals surface area contributed by atoms with Gasteiger partial charge in [-0.1, -0.05) is 12.8 Å². The lowest BCUT2D eigenvalue weighted by Gasteiger charge is -2.27. The zero-order valence-electron chi connectivity index (χ0n) is 16.5. The van der Waals surface area contributed by atoms with Crippen LogP contribution in [0.4, 0.5) is 0 Å². The number of aryl methyl sites for hydroxylation is 1. The van der Waals surface area contributed by atoms with E-state index in [0.29, 0.717) is 5.41 Å². The Morgan fingerprint density at radius 2 is 2.08 bits per heavy atom. The van der Waals surface area contributed by atoms with Crippen LogP contribution in [0.25, 0.3) is 0 Å². The van der Waals surface area contributed by atoms with E-state index in [-0.39, 0.29) is 24.0 Å². The van der Waals surface area contributed by atoms with Gasteiger partial charge in [-0.2, -0.15) is 0 Å². The maximum absolute atomic E-state index is 5.60. The minimum Gasteiger partial charge on any atom is -0.382 e. The van der Waals surface area contributed by atoms with Gasteiger partial charge < -0.3 is 15.4 Å². The molecular formula is C19H35IN4OS. The first-order valence-electron chi connectivity index (χ1n) is 9.68. The zero-order chi connectivity index (χ0) is 18.0. The number of thiazole rings is 1. The summed E-state index contributed by atoms with van der Waals surface area (Å²) in [7, 11) is 0. The summed E-state index contributed by atoms with van der Waals surface area (Å²) >= 11 is 1.71. The van der Waals surface area contributed by atoms with Crippen molar-refractivity contribution in [2.45, 2.75) is 59.3 Å². The highest BCUT2D eigenvalue weighted by Gasteiger charge is 2.33. The van der Waals surface area contributed by atoms with Crippen LogP contribution in [0.5, 0.6) is 0 Å². The van der Waals surface area contributed by atoms with Crippen molar-refractivity contribution in [3.05, 3.63) is 16.1 Å². The number of hydrogen-bond donors (Lipinski definition) is 2. The quantitative estimate of drug-likeness (QED) is 0.222. The van der Waals surface area contributed by atoms with Crippen molar-refractivity contribution in [1.82, 2.24) is 15.6 Å². The van der Waals surface area contributed by atoms with Crippen LogP contribution in [0.3, 0.4) is 0 Å². The number of ether oxygens (including phenoxy) is 1. The van der Waals surface area contributed by atoms with Crippen LogP contribution >= 0.6 is 35.3 Å². The molecule has 2 N–H and O–H groups in total. The third kappa shape index (κ3) is 8.08. The molecule has 7 heteroatoms. The molecule has 5 nitrogen and oxygen atoms in total. The van der Waals surface area contributed by atoms with Crippen molar-refractivity contribution in [3.8, 4) is 0 Å². The standard InChI is InChI=1S/C19H34N4OS.HI/c1-4-20-18(21-12-8-17-14-25-16(3)23-17)22-15-19(9-6-7-10-19)11-13-24-5-2;/h14H,4-13,15H2,1-3H3,(H2,20,21,22);1H. The second-order valence-electron chi connectivity index (χ2n) is 6.88. The third-order valence-corrected chi connectivity index (χ3v) is 5.72. The maximum atomic E-state index is 5.60. The molecule has 1 saturated carbocycles. The Morgan fingerprint density at radius 1 is 1.31 bits per heavy atom. The molecule has 1 aliphatic rings. The van der Waals surface area contributed by atoms with Gasteiger partial charge in [0.2, 0.25) is 0 Å². The van der Waals surface area contributed by atoms with Gasteiger partial charge in [-0.25, -0.2) is 4.98 Å². The third-order valence-electron chi connectivity index (χ3n) is 4.90. The van der Waals surface area contributed by atoms with E-state index in [1.807, 2.05) is 0 Å². The average Bonchev–Trinajstić information content (AvgIpc) is 3.23. The van der Waals surface area contributed by atoms with Crippen LogP contribution < -0.4 is 10.6 Å². The first-order valence-corrected chi connectivity index (χ1v) is 10.6. The van der Waals surface area contributed by atoms with E-state index in [9.17, 15) is 0 Å². The maximum Gasteiger partial charge on any atom is 0.191 e. The average molecular weight is 494 g/mol. The zero-order valence-corrected chi connectivity index (χ0v) is 19.6. The number of nitrogens with zero attached hydrogens (tertiary/aromatic N) is 2. The highest BCUT2D eigenvalue weighted by Crippen LogP contribution is 2.41. The van der Waals surface area contributed by atoms with Gasteiger partial charge in [-0.15, -0.1) is 35.3 Å². The molecule has 1 aliphatic carbocycles. The van der Waals surface area contributed by atoms with Crippen molar-refractivity contribution >= 4 is 41.3 Å². The van der Waals surface area contributed by atoms with Crippen LogP contribution in [0, 0.1) is 12.3 Å². The lowest BCUT2D eigenvalue weighted by atomic mass is 9.83. The Bertz CT molecular complexity index is 529. The number of rotatable bonds is 10. The van der Waals surface area contributed by atoms with Crippen LogP contribution in [0.1, 0.15) is 56.7 Å². The topological polar surface area (TPSA) is 58.5 Å². The highest BCUT2D eigenvalue weighted by molar-refractivity contribution is 14.0. The van der Waals surface area contributed by atoms with E-state index in [1.165, 1.54) is 25.7 Å². The van der Waals surface area contributed by atoms with Gasteiger partial charge in [0.25, 0.3) is 0 Å². The molecule has 2 rings (SSSR count). The Morgan fingerprint density at radius 3 is 2.69 bits per heavy atom. The molecule has 0 aromatic carbocycles. The van der Waals surface area contributed by atoms with Gasteiger partial charge in [0.1, 0.15) is 0 Å². The van der Waals surface area contributed by atoms with E-state index in [0.717, 1.165) is 62.4 Å². The van der Waals surface area contributed by atoms with E-state index in [2.05, 4.69) is 41.8 Å². The summed E-state index contributed by atoms with van der Waals surface area (Å²) in [6.45, 7) is 10.5. The van der Waals surface area contributed by atoms with E-state index >= 15 is 0 Å². The molecule has 0 saturated heterocycles. The van der Waals surface area contributed by atoms with E-state index < -0.39 is 0 Å². The highest BCUT2D eigenvalue weighted by atomic mass is 127. The predicted molar refractivity (Wildman–Crippen MR) is 122 cm³/mol. The molecule has 26 heavy (non-hydrogen) atoms. The molecule has 1 aromatic heterocycles. The van der Waals surface area contributed by atoms with Crippen LogP contribution in [-0.4, -0.2) is 43.8 Å². The molecule has 0 radical (unpaired) electrons. The fourth-order valence-corrected chi connectivity index (χ4v) is 4.11. The summed E-state index contributed by atoms with van der Waals surface area (Å²) in [6.07, 6.45) is 7.28. The molecule has 150 valence electrons. The predicted octanol–water partition coefficient (Wildman–Crippen LogP) is 4.15. The Balaban J connectivity index is 0.00000338. The van der Waals surface area contributed by atoms with Crippen molar-refractivity contribution in [3.63, 3.8) is 0 Å². The number of guanidine groups is 1. The summed E-state index contributed by atoms with van der Waals surface area (Å²) in [5.41, 5.74) is 1.50. The molecule has 1 aromatic rings.